The van der Waals surface area contributed by atoms with Crippen LogP contribution in [0.2, 0.25) is 0 Å². The molecule has 0 bridgehead atoms. The molecule has 0 saturated carbocycles. The van der Waals surface area contributed by atoms with Gasteiger partial charge in [0.2, 0.25) is 11.8 Å². The van der Waals surface area contributed by atoms with Crippen LogP contribution < -0.4 is 5.32 Å². The zero-order chi connectivity index (χ0) is 13.4. The van der Waals surface area contributed by atoms with Crippen LogP contribution in [0.15, 0.2) is 30.3 Å². The van der Waals surface area contributed by atoms with Crippen molar-refractivity contribution < 1.29 is 9.59 Å². The molecule has 1 aromatic carbocycles. The van der Waals surface area contributed by atoms with Crippen molar-refractivity contribution in [1.29, 1.82) is 0 Å². The van der Waals surface area contributed by atoms with E-state index < -0.39 is 0 Å². The maximum absolute atomic E-state index is 11.9. The van der Waals surface area contributed by atoms with Crippen molar-refractivity contribution in [3.05, 3.63) is 35.9 Å². The number of carbonyl (C=O) groups is 2. The molecule has 0 aliphatic rings. The van der Waals surface area contributed by atoms with E-state index in [0.29, 0.717) is 13.1 Å². The molecule has 0 atom stereocenters. The number of rotatable bonds is 6. The van der Waals surface area contributed by atoms with Gasteiger partial charge < -0.3 is 10.2 Å². The highest BCUT2D eigenvalue weighted by Crippen LogP contribution is 2.04. The number of benzene rings is 1. The lowest BCUT2D eigenvalue weighted by Crippen LogP contribution is -2.40. The summed E-state index contributed by atoms with van der Waals surface area (Å²) >= 11 is 5.34. The molecular weight excluding hydrogens is 252 g/mol. The fraction of sp³-hybridized carbons (Fsp3) is 0.385. The number of nitrogens with one attached hydrogen (secondary N) is 1. The lowest BCUT2D eigenvalue weighted by atomic mass is 10.2. The Hall–Kier alpha value is -1.55. The normalized spacial score (nSPS) is 9.89. The Morgan fingerprint density at radius 2 is 1.94 bits per heavy atom. The van der Waals surface area contributed by atoms with Crippen molar-refractivity contribution in [2.45, 2.75) is 13.5 Å². The summed E-state index contributed by atoms with van der Waals surface area (Å²) in [6.45, 7) is 3.05. The van der Waals surface area contributed by atoms with Crippen LogP contribution in [0.5, 0.6) is 0 Å². The van der Waals surface area contributed by atoms with Gasteiger partial charge in [-0.25, -0.2) is 0 Å². The number of hydrogen-bond acceptors (Lipinski definition) is 2. The number of amides is 2. The summed E-state index contributed by atoms with van der Waals surface area (Å²) in [5.41, 5.74) is 1.07. The first kappa shape index (κ1) is 14.5. The Morgan fingerprint density at radius 3 is 2.50 bits per heavy atom. The first-order valence-electron chi connectivity index (χ1n) is 5.81. The Bertz CT molecular complexity index is 395. The summed E-state index contributed by atoms with van der Waals surface area (Å²) in [6, 6.07) is 9.73. The van der Waals surface area contributed by atoms with Crippen molar-refractivity contribution in [1.82, 2.24) is 10.2 Å². The second-order valence-corrected chi connectivity index (χ2v) is 4.07. The molecule has 0 fully saturated rings. The van der Waals surface area contributed by atoms with Gasteiger partial charge in [-0.1, -0.05) is 30.3 Å². The highest BCUT2D eigenvalue weighted by atomic mass is 35.5. The molecule has 5 heteroatoms. The molecule has 2 amide bonds. The van der Waals surface area contributed by atoms with E-state index >= 15 is 0 Å². The lowest BCUT2D eigenvalue weighted by Gasteiger charge is -2.21. The summed E-state index contributed by atoms with van der Waals surface area (Å²) in [7, 11) is 0. The minimum Gasteiger partial charge on any atom is -0.346 e. The van der Waals surface area contributed by atoms with Crippen LogP contribution in [0.25, 0.3) is 0 Å². The molecule has 0 aromatic heterocycles. The van der Waals surface area contributed by atoms with E-state index in [0.717, 1.165) is 5.56 Å². The van der Waals surface area contributed by atoms with E-state index in [9.17, 15) is 9.59 Å². The predicted molar refractivity (Wildman–Crippen MR) is 71.3 cm³/mol. The molecule has 0 spiro atoms. The first-order valence-corrected chi connectivity index (χ1v) is 6.35. The van der Waals surface area contributed by atoms with Gasteiger partial charge in [-0.15, -0.1) is 11.6 Å². The fourth-order valence-electron chi connectivity index (χ4n) is 1.51. The second-order valence-electron chi connectivity index (χ2n) is 3.80. The van der Waals surface area contributed by atoms with Crippen molar-refractivity contribution in [3.63, 3.8) is 0 Å². The molecule has 0 saturated heterocycles. The fourth-order valence-corrected chi connectivity index (χ4v) is 1.61. The summed E-state index contributed by atoms with van der Waals surface area (Å²) in [5.74, 6) is -0.571. The van der Waals surface area contributed by atoms with Crippen LogP contribution >= 0.6 is 11.6 Å². The van der Waals surface area contributed by atoms with Gasteiger partial charge in [0.25, 0.3) is 0 Å². The first-order chi connectivity index (χ1) is 8.67. The monoisotopic (exact) mass is 268 g/mol. The Labute approximate surface area is 112 Å². The third kappa shape index (κ3) is 4.75. The van der Waals surface area contributed by atoms with Gasteiger partial charge in [-0.2, -0.15) is 0 Å². The van der Waals surface area contributed by atoms with E-state index in [1.807, 2.05) is 37.3 Å². The maximum Gasteiger partial charge on any atom is 0.242 e. The molecule has 0 radical (unpaired) electrons. The molecule has 0 aliphatic carbocycles. The molecule has 1 aromatic rings. The molecule has 4 nitrogen and oxygen atoms in total. The van der Waals surface area contributed by atoms with Crippen molar-refractivity contribution in [2.75, 3.05) is 19.0 Å². The standard InChI is InChI=1S/C13H17ClN2O2/c1-2-16(10-11-6-4-3-5-7-11)13(18)9-15-12(17)8-14/h3-7H,2,8-10H2,1H3,(H,15,17). The van der Waals surface area contributed by atoms with Crippen LogP contribution in [0, 0.1) is 0 Å². The molecule has 98 valence electrons. The summed E-state index contributed by atoms with van der Waals surface area (Å²) in [6.07, 6.45) is 0. The van der Waals surface area contributed by atoms with Crippen LogP contribution in [0.1, 0.15) is 12.5 Å². The number of carbonyl (C=O) groups excluding carboxylic acids is 2. The van der Waals surface area contributed by atoms with Crippen LogP contribution in [-0.4, -0.2) is 35.7 Å². The van der Waals surface area contributed by atoms with E-state index in [-0.39, 0.29) is 24.2 Å². The Balaban J connectivity index is 2.50. The summed E-state index contributed by atoms with van der Waals surface area (Å²) in [5, 5.41) is 2.47. The summed E-state index contributed by atoms with van der Waals surface area (Å²) in [4.78, 5) is 24.5. The average Bonchev–Trinajstić information content (AvgIpc) is 2.42. The molecule has 1 rings (SSSR count). The third-order valence-electron chi connectivity index (χ3n) is 2.51. The summed E-state index contributed by atoms with van der Waals surface area (Å²) < 4.78 is 0. The SMILES string of the molecule is CCN(Cc1ccccc1)C(=O)CNC(=O)CCl. The van der Waals surface area contributed by atoms with Crippen molar-refractivity contribution >= 4 is 23.4 Å². The molecule has 0 unspecified atom stereocenters. The van der Waals surface area contributed by atoms with Gasteiger partial charge in [-0.05, 0) is 12.5 Å². The Kier molecular flexibility index (Phi) is 6.22. The topological polar surface area (TPSA) is 49.4 Å². The van der Waals surface area contributed by atoms with Gasteiger partial charge >= 0.3 is 0 Å². The van der Waals surface area contributed by atoms with Gasteiger partial charge in [0.15, 0.2) is 0 Å². The lowest BCUT2D eigenvalue weighted by molar-refractivity contribution is -0.132. The van der Waals surface area contributed by atoms with E-state index in [1.165, 1.54) is 0 Å². The largest absolute Gasteiger partial charge is 0.346 e. The number of alkyl halides is 1. The molecule has 1 N–H and O–H groups in total. The van der Waals surface area contributed by atoms with Gasteiger partial charge in [0.1, 0.15) is 5.88 Å². The van der Waals surface area contributed by atoms with Gasteiger partial charge in [-0.3, -0.25) is 9.59 Å². The maximum atomic E-state index is 11.9. The Morgan fingerprint density at radius 1 is 1.28 bits per heavy atom. The van der Waals surface area contributed by atoms with Gasteiger partial charge in [0, 0.05) is 13.1 Å². The van der Waals surface area contributed by atoms with Crippen LogP contribution in [0.3, 0.4) is 0 Å². The van der Waals surface area contributed by atoms with E-state index in [1.54, 1.807) is 4.90 Å². The minimum absolute atomic E-state index is 0.00771. The number of halogens is 1. The molecule has 0 heterocycles. The van der Waals surface area contributed by atoms with E-state index in [2.05, 4.69) is 5.32 Å². The third-order valence-corrected chi connectivity index (χ3v) is 2.75. The predicted octanol–water partition coefficient (Wildman–Crippen LogP) is 1.39. The average molecular weight is 269 g/mol. The molecule has 0 aliphatic heterocycles. The van der Waals surface area contributed by atoms with Gasteiger partial charge in [0.05, 0.1) is 6.54 Å². The zero-order valence-electron chi connectivity index (χ0n) is 10.4. The molecular formula is C13H17ClN2O2. The smallest absolute Gasteiger partial charge is 0.242 e. The number of nitrogens with zero attached hydrogens (tertiary/aromatic N) is 1. The quantitative estimate of drug-likeness (QED) is 0.793. The van der Waals surface area contributed by atoms with E-state index in [4.69, 9.17) is 11.6 Å². The molecule has 18 heavy (non-hydrogen) atoms. The van der Waals surface area contributed by atoms with Crippen LogP contribution in [0.4, 0.5) is 0 Å². The van der Waals surface area contributed by atoms with Crippen molar-refractivity contribution in [3.8, 4) is 0 Å². The van der Waals surface area contributed by atoms with Crippen molar-refractivity contribution in [2.24, 2.45) is 0 Å². The second kappa shape index (κ2) is 7.71. The zero-order valence-corrected chi connectivity index (χ0v) is 11.1. The minimum atomic E-state index is -0.333. The number of hydrogen-bond donors (Lipinski definition) is 1. The highest BCUT2D eigenvalue weighted by Gasteiger charge is 2.12. The highest BCUT2D eigenvalue weighted by molar-refractivity contribution is 6.27. The van der Waals surface area contributed by atoms with Crippen LogP contribution in [-0.2, 0) is 16.1 Å². The number of likely N-dealkylation sites (N-methyl/N-ethyl adjacent to an activating group) is 1.